The quantitative estimate of drug-likeness (QED) is 0.690. The van der Waals surface area contributed by atoms with E-state index in [1.807, 2.05) is 0 Å². The van der Waals surface area contributed by atoms with Crippen molar-refractivity contribution >= 4 is 0 Å². The summed E-state index contributed by atoms with van der Waals surface area (Å²) in [6.45, 7) is 4.46. The third-order valence-electron chi connectivity index (χ3n) is 8.07. The molecule has 2 N–H and O–H groups in total. The summed E-state index contributed by atoms with van der Waals surface area (Å²) in [5.41, 5.74) is 1.19. The van der Waals surface area contributed by atoms with Crippen LogP contribution in [0.5, 0.6) is 0 Å². The van der Waals surface area contributed by atoms with E-state index < -0.39 is 12.3 Å². The average molecular weight is 308 g/mol. The molecule has 0 saturated heterocycles. The molecule has 22 heavy (non-hydrogen) atoms. The van der Waals surface area contributed by atoms with Crippen LogP contribution in [0.1, 0.15) is 65.2 Å². The van der Waals surface area contributed by atoms with Crippen LogP contribution in [0.25, 0.3) is 0 Å². The Morgan fingerprint density at radius 2 is 1.86 bits per heavy atom. The second-order valence-electron chi connectivity index (χ2n) is 8.85. The molecule has 2 nitrogen and oxygen atoms in total. The molecule has 0 aromatic heterocycles. The minimum absolute atomic E-state index is 0.117. The number of aliphatic hydroxyl groups is 2. The molecule has 3 heteroatoms. The molecule has 4 aliphatic carbocycles. The SMILES string of the molecule is C[C@]12CCCC(O)=C1CC[C@@H]1[C@H]2CC[C@]2(C)C(O)C(F)C[C@@H]12. The average Bonchev–Trinajstić information content (AvgIpc) is 2.71. The molecule has 2 unspecified atom stereocenters. The first kappa shape index (κ1) is 15.0. The van der Waals surface area contributed by atoms with E-state index in [4.69, 9.17) is 0 Å². The fraction of sp³-hybridized carbons (Fsp3) is 0.895. The van der Waals surface area contributed by atoms with Crippen LogP contribution in [0.15, 0.2) is 11.3 Å². The van der Waals surface area contributed by atoms with Crippen molar-refractivity contribution in [3.05, 3.63) is 11.3 Å². The summed E-state index contributed by atoms with van der Waals surface area (Å²) in [6.07, 6.45) is 5.86. The maximum Gasteiger partial charge on any atom is 0.127 e. The van der Waals surface area contributed by atoms with Gasteiger partial charge in [0.05, 0.1) is 11.9 Å². The Bertz CT molecular complexity index is 516. The third kappa shape index (κ3) is 1.75. The molecule has 0 aliphatic heterocycles. The van der Waals surface area contributed by atoms with Crippen molar-refractivity contribution in [3.8, 4) is 0 Å². The topological polar surface area (TPSA) is 40.5 Å². The van der Waals surface area contributed by atoms with Crippen molar-refractivity contribution in [2.45, 2.75) is 77.5 Å². The van der Waals surface area contributed by atoms with Gasteiger partial charge in [-0.2, -0.15) is 0 Å². The zero-order valence-electron chi connectivity index (χ0n) is 13.8. The lowest BCUT2D eigenvalue weighted by atomic mass is 9.47. The van der Waals surface area contributed by atoms with E-state index in [1.54, 1.807) is 0 Å². The Balaban J connectivity index is 1.70. The summed E-state index contributed by atoms with van der Waals surface area (Å²) >= 11 is 0. The van der Waals surface area contributed by atoms with Crippen LogP contribution in [-0.4, -0.2) is 22.5 Å². The smallest absolute Gasteiger partial charge is 0.127 e. The van der Waals surface area contributed by atoms with Gasteiger partial charge < -0.3 is 10.2 Å². The fourth-order valence-electron chi connectivity index (χ4n) is 6.83. The number of hydrogen-bond donors (Lipinski definition) is 2. The van der Waals surface area contributed by atoms with Crippen molar-refractivity contribution in [2.24, 2.45) is 28.6 Å². The predicted molar refractivity (Wildman–Crippen MR) is 84.2 cm³/mol. The minimum Gasteiger partial charge on any atom is -0.512 e. The van der Waals surface area contributed by atoms with E-state index in [0.29, 0.717) is 29.9 Å². The van der Waals surface area contributed by atoms with E-state index in [2.05, 4.69) is 13.8 Å². The van der Waals surface area contributed by atoms with Crippen LogP contribution >= 0.6 is 0 Å². The van der Waals surface area contributed by atoms with Crippen LogP contribution in [0.3, 0.4) is 0 Å². The van der Waals surface area contributed by atoms with Crippen molar-refractivity contribution in [3.63, 3.8) is 0 Å². The molecule has 3 saturated carbocycles. The zero-order valence-corrected chi connectivity index (χ0v) is 13.8. The van der Waals surface area contributed by atoms with Crippen LogP contribution in [0, 0.1) is 28.6 Å². The number of halogens is 1. The molecule has 0 heterocycles. The summed E-state index contributed by atoms with van der Waals surface area (Å²) in [7, 11) is 0. The van der Waals surface area contributed by atoms with Crippen molar-refractivity contribution in [1.82, 2.24) is 0 Å². The Labute approximate surface area is 132 Å². The van der Waals surface area contributed by atoms with Crippen LogP contribution in [-0.2, 0) is 0 Å². The number of hydrogen-bond acceptors (Lipinski definition) is 2. The molecule has 4 aliphatic rings. The molecule has 4 rings (SSSR count). The monoisotopic (exact) mass is 308 g/mol. The first-order valence-electron chi connectivity index (χ1n) is 9.11. The van der Waals surface area contributed by atoms with Gasteiger partial charge in [-0.15, -0.1) is 0 Å². The largest absolute Gasteiger partial charge is 0.512 e. The second kappa shape index (κ2) is 4.72. The first-order valence-corrected chi connectivity index (χ1v) is 9.11. The molecule has 124 valence electrons. The molecule has 0 amide bonds. The standard InChI is InChI=1S/C19H29FO2/c1-18-8-3-4-16(21)13(18)6-5-11-12(18)7-9-19(2)14(11)10-15(20)17(19)22/h11-12,14-15,17,21-22H,3-10H2,1-2H3/t11-,12-,14+,15?,17?,18-,19+/m1/s1. The van der Waals surface area contributed by atoms with E-state index in [9.17, 15) is 14.6 Å². The highest BCUT2D eigenvalue weighted by Crippen LogP contribution is 2.66. The Morgan fingerprint density at radius 1 is 1.09 bits per heavy atom. The van der Waals surface area contributed by atoms with Crippen LogP contribution < -0.4 is 0 Å². The summed E-state index contributed by atoms with van der Waals surface area (Å²) in [5, 5.41) is 20.7. The number of allylic oxidation sites excluding steroid dienone is 2. The summed E-state index contributed by atoms with van der Waals surface area (Å²) in [4.78, 5) is 0. The van der Waals surface area contributed by atoms with Gasteiger partial charge in [0.1, 0.15) is 6.17 Å². The highest BCUT2D eigenvalue weighted by Gasteiger charge is 2.61. The Hall–Kier alpha value is -0.570. The highest BCUT2D eigenvalue weighted by atomic mass is 19.1. The normalized spacial score (nSPS) is 54.6. The maximum absolute atomic E-state index is 14.2. The summed E-state index contributed by atoms with van der Waals surface area (Å²) in [5.74, 6) is 2.05. The van der Waals surface area contributed by atoms with Gasteiger partial charge in [-0.3, -0.25) is 0 Å². The van der Waals surface area contributed by atoms with Gasteiger partial charge in [-0.25, -0.2) is 4.39 Å². The van der Waals surface area contributed by atoms with Gasteiger partial charge in [0.2, 0.25) is 0 Å². The van der Waals surface area contributed by atoms with Gasteiger partial charge in [-0.1, -0.05) is 13.8 Å². The molecule has 0 radical (unpaired) electrons. The molecule has 0 aromatic rings. The molecule has 0 aromatic carbocycles. The van der Waals surface area contributed by atoms with Crippen LogP contribution in [0.2, 0.25) is 0 Å². The van der Waals surface area contributed by atoms with Crippen molar-refractivity contribution in [1.29, 1.82) is 0 Å². The predicted octanol–water partition coefficient (Wildman–Crippen LogP) is 4.53. The molecule has 3 fully saturated rings. The Kier molecular flexibility index (Phi) is 3.21. The fourth-order valence-corrected chi connectivity index (χ4v) is 6.83. The van der Waals surface area contributed by atoms with Gasteiger partial charge in [0.15, 0.2) is 0 Å². The second-order valence-corrected chi connectivity index (χ2v) is 8.85. The molecule has 0 spiro atoms. The van der Waals surface area contributed by atoms with Crippen LogP contribution in [0.4, 0.5) is 4.39 Å². The van der Waals surface area contributed by atoms with E-state index in [-0.39, 0.29) is 10.8 Å². The molecule has 0 bridgehead atoms. The number of fused-ring (bicyclic) bond motifs is 5. The number of aliphatic hydroxyl groups excluding tert-OH is 2. The third-order valence-corrected chi connectivity index (χ3v) is 8.07. The lowest BCUT2D eigenvalue weighted by Gasteiger charge is -2.57. The minimum atomic E-state index is -1.04. The van der Waals surface area contributed by atoms with Gasteiger partial charge in [-0.05, 0) is 79.1 Å². The van der Waals surface area contributed by atoms with E-state index in [0.717, 1.165) is 38.5 Å². The van der Waals surface area contributed by atoms with E-state index in [1.165, 1.54) is 12.0 Å². The zero-order chi connectivity index (χ0) is 15.7. The van der Waals surface area contributed by atoms with Gasteiger partial charge >= 0.3 is 0 Å². The van der Waals surface area contributed by atoms with Gasteiger partial charge in [0.25, 0.3) is 0 Å². The summed E-state index contributed by atoms with van der Waals surface area (Å²) in [6, 6.07) is 0. The number of alkyl halides is 1. The van der Waals surface area contributed by atoms with E-state index >= 15 is 0 Å². The molecular weight excluding hydrogens is 279 g/mol. The van der Waals surface area contributed by atoms with Gasteiger partial charge in [0, 0.05) is 6.42 Å². The number of rotatable bonds is 0. The lowest BCUT2D eigenvalue weighted by molar-refractivity contribution is -0.0803. The molecular formula is C19H29FO2. The maximum atomic E-state index is 14.2. The molecule has 7 atom stereocenters. The first-order chi connectivity index (χ1) is 10.4. The highest BCUT2D eigenvalue weighted by molar-refractivity contribution is 5.26. The lowest BCUT2D eigenvalue weighted by Crippen LogP contribution is -2.51. The van der Waals surface area contributed by atoms with Crippen molar-refractivity contribution < 1.29 is 14.6 Å². The summed E-state index contributed by atoms with van der Waals surface area (Å²) < 4.78 is 14.2. The Morgan fingerprint density at radius 3 is 2.64 bits per heavy atom. The van der Waals surface area contributed by atoms with Crippen molar-refractivity contribution in [2.75, 3.05) is 0 Å².